The standard InChI is InChI=1S/C23H28N4OS/c1-15-8-7-9-19(14-15)24-21(28)16(2)29-22-26-25-20(27(22)6)17-10-12-18(13-11-17)23(3,4)5/h7-14,16H,1-6H3,(H,24,28). The Morgan fingerprint density at radius 1 is 1.10 bits per heavy atom. The molecule has 0 aliphatic heterocycles. The summed E-state index contributed by atoms with van der Waals surface area (Å²) < 4.78 is 1.94. The van der Waals surface area contributed by atoms with Crippen LogP contribution >= 0.6 is 11.8 Å². The number of thioether (sulfide) groups is 1. The van der Waals surface area contributed by atoms with Gasteiger partial charge in [0.2, 0.25) is 5.91 Å². The minimum Gasteiger partial charge on any atom is -0.325 e. The fourth-order valence-electron chi connectivity index (χ4n) is 2.97. The zero-order chi connectivity index (χ0) is 21.2. The Labute approximate surface area is 176 Å². The molecule has 1 amide bonds. The van der Waals surface area contributed by atoms with Gasteiger partial charge in [0, 0.05) is 18.3 Å². The van der Waals surface area contributed by atoms with Crippen LogP contribution in [0.5, 0.6) is 0 Å². The van der Waals surface area contributed by atoms with Crippen molar-refractivity contribution in [3.63, 3.8) is 0 Å². The minimum atomic E-state index is -0.297. The van der Waals surface area contributed by atoms with Crippen molar-refractivity contribution >= 4 is 23.4 Å². The zero-order valence-corrected chi connectivity index (χ0v) is 18.7. The molecule has 0 aliphatic rings. The molecule has 1 unspecified atom stereocenters. The largest absolute Gasteiger partial charge is 0.325 e. The first-order chi connectivity index (χ1) is 13.6. The maximum Gasteiger partial charge on any atom is 0.237 e. The molecule has 0 aliphatic carbocycles. The van der Waals surface area contributed by atoms with Crippen molar-refractivity contribution in [3.8, 4) is 11.4 Å². The van der Waals surface area contributed by atoms with Crippen LogP contribution in [0.2, 0.25) is 0 Å². The van der Waals surface area contributed by atoms with Crippen molar-refractivity contribution in [2.24, 2.45) is 7.05 Å². The van der Waals surface area contributed by atoms with Gasteiger partial charge in [-0.1, -0.05) is 68.9 Å². The molecule has 1 heterocycles. The number of anilines is 1. The maximum atomic E-state index is 12.6. The van der Waals surface area contributed by atoms with Crippen molar-refractivity contribution in [1.82, 2.24) is 14.8 Å². The second-order valence-corrected chi connectivity index (χ2v) is 9.62. The Bertz CT molecular complexity index is 1000. The number of carbonyl (C=O) groups is 1. The second-order valence-electron chi connectivity index (χ2n) is 8.31. The molecule has 0 fully saturated rings. The van der Waals surface area contributed by atoms with Gasteiger partial charge in [0.25, 0.3) is 0 Å². The topological polar surface area (TPSA) is 59.8 Å². The molecule has 0 saturated carbocycles. The molecule has 6 heteroatoms. The molecular weight excluding hydrogens is 380 g/mol. The Kier molecular flexibility index (Phi) is 6.13. The quantitative estimate of drug-likeness (QED) is 0.589. The first-order valence-corrected chi connectivity index (χ1v) is 10.6. The summed E-state index contributed by atoms with van der Waals surface area (Å²) in [6.45, 7) is 10.5. The summed E-state index contributed by atoms with van der Waals surface area (Å²) in [7, 11) is 1.93. The van der Waals surface area contributed by atoms with Gasteiger partial charge in [-0.3, -0.25) is 4.79 Å². The highest BCUT2D eigenvalue weighted by molar-refractivity contribution is 8.00. The van der Waals surface area contributed by atoms with Crippen LogP contribution in [0, 0.1) is 6.92 Å². The number of aromatic nitrogens is 3. The molecule has 5 nitrogen and oxygen atoms in total. The number of rotatable bonds is 5. The molecule has 2 aromatic carbocycles. The van der Waals surface area contributed by atoms with Gasteiger partial charge >= 0.3 is 0 Å². The van der Waals surface area contributed by atoms with E-state index in [0.29, 0.717) is 5.16 Å². The fraction of sp³-hybridized carbons (Fsp3) is 0.348. The van der Waals surface area contributed by atoms with Crippen molar-refractivity contribution in [2.75, 3.05) is 5.32 Å². The molecule has 0 bridgehead atoms. The van der Waals surface area contributed by atoms with Crippen molar-refractivity contribution in [2.45, 2.75) is 50.4 Å². The fourth-order valence-corrected chi connectivity index (χ4v) is 3.78. The molecular formula is C23H28N4OS. The lowest BCUT2D eigenvalue weighted by atomic mass is 9.87. The summed E-state index contributed by atoms with van der Waals surface area (Å²) in [5, 5.41) is 12.0. The van der Waals surface area contributed by atoms with Crippen LogP contribution in [0.25, 0.3) is 11.4 Å². The van der Waals surface area contributed by atoms with E-state index in [9.17, 15) is 4.79 Å². The van der Waals surface area contributed by atoms with E-state index in [0.717, 1.165) is 22.6 Å². The van der Waals surface area contributed by atoms with Crippen molar-refractivity contribution in [3.05, 3.63) is 59.7 Å². The number of carbonyl (C=O) groups excluding carboxylic acids is 1. The van der Waals surface area contributed by atoms with Crippen LogP contribution in [-0.4, -0.2) is 25.9 Å². The normalized spacial score (nSPS) is 12.6. The number of nitrogens with one attached hydrogen (secondary N) is 1. The van der Waals surface area contributed by atoms with Gasteiger partial charge in [0.15, 0.2) is 11.0 Å². The molecule has 0 radical (unpaired) electrons. The molecule has 29 heavy (non-hydrogen) atoms. The highest BCUT2D eigenvalue weighted by Gasteiger charge is 2.20. The van der Waals surface area contributed by atoms with Gasteiger partial charge in [-0.15, -0.1) is 10.2 Å². The third kappa shape index (κ3) is 5.07. The molecule has 0 spiro atoms. The summed E-state index contributed by atoms with van der Waals surface area (Å²) in [4.78, 5) is 12.6. The molecule has 3 rings (SSSR count). The van der Waals surface area contributed by atoms with E-state index in [1.165, 1.54) is 17.3 Å². The number of nitrogens with zero attached hydrogens (tertiary/aromatic N) is 3. The molecule has 152 valence electrons. The third-order valence-electron chi connectivity index (χ3n) is 4.78. The number of amides is 1. The Hall–Kier alpha value is -2.60. The first-order valence-electron chi connectivity index (χ1n) is 9.69. The van der Waals surface area contributed by atoms with Crippen molar-refractivity contribution < 1.29 is 4.79 Å². The lowest BCUT2D eigenvalue weighted by Gasteiger charge is -2.19. The van der Waals surface area contributed by atoms with E-state index < -0.39 is 0 Å². The van der Waals surface area contributed by atoms with E-state index in [4.69, 9.17) is 0 Å². The molecule has 1 atom stereocenters. The lowest BCUT2D eigenvalue weighted by molar-refractivity contribution is -0.115. The van der Waals surface area contributed by atoms with E-state index in [2.05, 4.69) is 60.6 Å². The Balaban J connectivity index is 1.71. The lowest BCUT2D eigenvalue weighted by Crippen LogP contribution is -2.22. The van der Waals surface area contributed by atoms with Crippen LogP contribution in [0.3, 0.4) is 0 Å². The second kappa shape index (κ2) is 8.41. The van der Waals surface area contributed by atoms with Gasteiger partial charge in [-0.05, 0) is 42.5 Å². The van der Waals surface area contributed by atoms with Crippen molar-refractivity contribution in [1.29, 1.82) is 0 Å². The Morgan fingerprint density at radius 2 is 1.79 bits per heavy atom. The van der Waals surface area contributed by atoms with E-state index in [1.807, 2.05) is 49.7 Å². The van der Waals surface area contributed by atoms with Gasteiger partial charge < -0.3 is 9.88 Å². The van der Waals surface area contributed by atoms with Crippen LogP contribution in [-0.2, 0) is 17.3 Å². The number of hydrogen-bond donors (Lipinski definition) is 1. The summed E-state index contributed by atoms with van der Waals surface area (Å²) >= 11 is 1.40. The number of aryl methyl sites for hydroxylation is 1. The van der Waals surface area contributed by atoms with E-state index in [-0.39, 0.29) is 16.6 Å². The molecule has 3 aromatic rings. The maximum absolute atomic E-state index is 12.6. The smallest absolute Gasteiger partial charge is 0.237 e. The summed E-state index contributed by atoms with van der Waals surface area (Å²) in [5.74, 6) is 0.735. The first kappa shape index (κ1) is 21.1. The Morgan fingerprint density at radius 3 is 2.41 bits per heavy atom. The van der Waals surface area contributed by atoms with E-state index in [1.54, 1.807) is 0 Å². The third-order valence-corrected chi connectivity index (χ3v) is 5.92. The minimum absolute atomic E-state index is 0.0559. The molecule has 0 saturated heterocycles. The summed E-state index contributed by atoms with van der Waals surface area (Å²) in [6, 6.07) is 16.2. The zero-order valence-electron chi connectivity index (χ0n) is 17.9. The predicted octanol–water partition coefficient (Wildman–Crippen LogP) is 5.21. The monoisotopic (exact) mass is 408 g/mol. The predicted molar refractivity (Wildman–Crippen MR) is 120 cm³/mol. The van der Waals surface area contributed by atoms with E-state index >= 15 is 0 Å². The highest BCUT2D eigenvalue weighted by atomic mass is 32.2. The molecule has 1 aromatic heterocycles. The van der Waals surface area contributed by atoms with Crippen LogP contribution in [0.1, 0.15) is 38.8 Å². The SMILES string of the molecule is Cc1cccc(NC(=O)C(C)Sc2nnc(-c3ccc(C(C)(C)C)cc3)n2C)c1. The van der Waals surface area contributed by atoms with Gasteiger partial charge in [-0.2, -0.15) is 0 Å². The summed E-state index contributed by atoms with van der Waals surface area (Å²) in [5.41, 5.74) is 4.31. The highest BCUT2D eigenvalue weighted by Crippen LogP contribution is 2.28. The number of hydrogen-bond acceptors (Lipinski definition) is 4. The average molecular weight is 409 g/mol. The molecule has 1 N–H and O–H groups in total. The van der Waals surface area contributed by atoms with Crippen LogP contribution < -0.4 is 5.32 Å². The average Bonchev–Trinajstić information content (AvgIpc) is 3.01. The summed E-state index contributed by atoms with van der Waals surface area (Å²) in [6.07, 6.45) is 0. The van der Waals surface area contributed by atoms with Gasteiger partial charge in [-0.25, -0.2) is 0 Å². The van der Waals surface area contributed by atoms with Gasteiger partial charge in [0.05, 0.1) is 5.25 Å². The van der Waals surface area contributed by atoms with Gasteiger partial charge in [0.1, 0.15) is 0 Å². The number of benzene rings is 2. The van der Waals surface area contributed by atoms with Crippen LogP contribution in [0.4, 0.5) is 5.69 Å². The van der Waals surface area contributed by atoms with Crippen LogP contribution in [0.15, 0.2) is 53.7 Å².